The van der Waals surface area contributed by atoms with E-state index < -0.39 is 0 Å². The summed E-state index contributed by atoms with van der Waals surface area (Å²) < 4.78 is 2.81. The molecule has 2 aromatic heterocycles. The number of carbonyl (C=O) groups excluding carboxylic acids is 1. The van der Waals surface area contributed by atoms with Crippen LogP contribution in [0.25, 0.3) is 5.78 Å². The molecule has 2 aromatic rings. The van der Waals surface area contributed by atoms with Gasteiger partial charge >= 0.3 is 0 Å². The maximum Gasteiger partial charge on any atom is 0.260 e. The van der Waals surface area contributed by atoms with E-state index in [0.717, 1.165) is 0 Å². The highest BCUT2D eigenvalue weighted by molar-refractivity contribution is 5.79. The van der Waals surface area contributed by atoms with E-state index in [-0.39, 0.29) is 5.91 Å². The fraction of sp³-hybridized carbons (Fsp3) is 0.200. The van der Waals surface area contributed by atoms with E-state index in [0.29, 0.717) is 5.78 Å². The van der Waals surface area contributed by atoms with Crippen LogP contribution in [-0.2, 0) is 0 Å². The predicted octanol–water partition coefficient (Wildman–Crippen LogP) is -0.414. The van der Waals surface area contributed by atoms with Gasteiger partial charge in [0.1, 0.15) is 0 Å². The smallest absolute Gasteiger partial charge is 0.260 e. The minimum Gasteiger partial charge on any atom is -0.274 e. The first kappa shape index (κ1) is 6.02. The molecule has 11 heavy (non-hydrogen) atoms. The van der Waals surface area contributed by atoms with Crippen LogP contribution in [-0.4, -0.2) is 30.5 Å². The summed E-state index contributed by atoms with van der Waals surface area (Å²) in [6.45, 7) is 1.45. The zero-order valence-corrected chi connectivity index (χ0v) is 5.80. The Morgan fingerprint density at radius 1 is 1.55 bits per heavy atom. The largest absolute Gasteiger partial charge is 0.274 e. The van der Waals surface area contributed by atoms with Gasteiger partial charge in [0.2, 0.25) is 5.91 Å². The minimum atomic E-state index is -0.102. The van der Waals surface area contributed by atoms with Crippen molar-refractivity contribution >= 4 is 11.7 Å². The van der Waals surface area contributed by atoms with E-state index in [1.54, 1.807) is 12.4 Å². The Morgan fingerprint density at radius 2 is 2.36 bits per heavy atom. The number of carbonyl (C=O) groups is 1. The summed E-state index contributed by atoms with van der Waals surface area (Å²) >= 11 is 0. The number of nitrogens with zero attached hydrogens (tertiary/aromatic N) is 5. The highest BCUT2D eigenvalue weighted by Crippen LogP contribution is 1.97. The molecule has 0 spiro atoms. The van der Waals surface area contributed by atoms with Crippen molar-refractivity contribution in [1.82, 2.24) is 24.6 Å². The van der Waals surface area contributed by atoms with E-state index in [1.807, 2.05) is 0 Å². The fourth-order valence-corrected chi connectivity index (χ4v) is 0.886. The summed E-state index contributed by atoms with van der Waals surface area (Å²) in [6.07, 6.45) is 3.22. The first-order valence-electron chi connectivity index (χ1n) is 3.05. The maximum atomic E-state index is 10.9. The van der Waals surface area contributed by atoms with Gasteiger partial charge in [0.25, 0.3) is 5.78 Å². The molecule has 0 aliphatic carbocycles. The Morgan fingerprint density at radius 3 is 3.09 bits per heavy atom. The van der Waals surface area contributed by atoms with E-state index in [2.05, 4.69) is 15.5 Å². The Hall–Kier alpha value is -1.72. The molecule has 0 N–H and O–H groups in total. The number of tetrazole rings is 1. The van der Waals surface area contributed by atoms with Crippen molar-refractivity contribution in [3.8, 4) is 0 Å². The van der Waals surface area contributed by atoms with E-state index in [4.69, 9.17) is 0 Å². The van der Waals surface area contributed by atoms with E-state index >= 15 is 0 Å². The summed E-state index contributed by atoms with van der Waals surface area (Å²) in [5, 5.41) is 10.6. The van der Waals surface area contributed by atoms with Gasteiger partial charge in [-0.25, -0.2) is 0 Å². The van der Waals surface area contributed by atoms with E-state index in [1.165, 1.54) is 16.0 Å². The molecule has 2 heterocycles. The Kier molecular flexibility index (Phi) is 1.03. The molecule has 2 rings (SSSR count). The topological polar surface area (TPSA) is 65.1 Å². The molecule has 0 saturated carbocycles. The Labute approximate surface area is 61.4 Å². The molecule has 0 saturated heterocycles. The lowest BCUT2D eigenvalue weighted by Crippen LogP contribution is -2.04. The van der Waals surface area contributed by atoms with Gasteiger partial charge in [0.15, 0.2) is 0 Å². The van der Waals surface area contributed by atoms with Crippen molar-refractivity contribution in [2.45, 2.75) is 6.92 Å². The van der Waals surface area contributed by atoms with Crippen molar-refractivity contribution in [3.63, 3.8) is 0 Å². The van der Waals surface area contributed by atoms with Crippen LogP contribution in [0.1, 0.15) is 11.7 Å². The van der Waals surface area contributed by atoms with Crippen molar-refractivity contribution in [2.75, 3.05) is 0 Å². The molecule has 6 nitrogen and oxygen atoms in total. The van der Waals surface area contributed by atoms with Gasteiger partial charge in [-0.15, -0.1) is 0 Å². The number of rotatable bonds is 0. The van der Waals surface area contributed by atoms with Crippen LogP contribution in [0.15, 0.2) is 12.4 Å². The van der Waals surface area contributed by atoms with Crippen molar-refractivity contribution in [2.24, 2.45) is 0 Å². The lowest BCUT2D eigenvalue weighted by Gasteiger charge is -1.90. The molecule has 0 aliphatic heterocycles. The van der Waals surface area contributed by atoms with Gasteiger partial charge in [-0.05, 0) is 10.4 Å². The SMILES string of the molecule is CC(=O)n1ccn2nnnc12. The minimum absolute atomic E-state index is 0.102. The molecule has 0 fully saturated rings. The molecule has 0 bridgehead atoms. The lowest BCUT2D eigenvalue weighted by atomic mass is 10.7. The van der Waals surface area contributed by atoms with Gasteiger partial charge in [-0.1, -0.05) is 5.10 Å². The second kappa shape index (κ2) is 1.88. The summed E-state index contributed by atoms with van der Waals surface area (Å²) in [6, 6.07) is 0. The Bertz CT molecular complexity index is 400. The Balaban J connectivity index is 2.78. The van der Waals surface area contributed by atoms with Gasteiger partial charge in [0, 0.05) is 13.1 Å². The third-order valence-corrected chi connectivity index (χ3v) is 1.39. The van der Waals surface area contributed by atoms with Crippen LogP contribution < -0.4 is 0 Å². The third kappa shape index (κ3) is 0.721. The molecular weight excluding hydrogens is 146 g/mol. The van der Waals surface area contributed by atoms with Gasteiger partial charge in [0.05, 0.1) is 6.20 Å². The first-order chi connectivity index (χ1) is 5.29. The van der Waals surface area contributed by atoms with Crippen molar-refractivity contribution in [3.05, 3.63) is 12.4 Å². The second-order valence-electron chi connectivity index (χ2n) is 2.11. The fourth-order valence-electron chi connectivity index (χ4n) is 0.886. The average Bonchev–Trinajstić information content (AvgIpc) is 2.41. The number of fused-ring (bicyclic) bond motifs is 1. The molecule has 6 heteroatoms. The summed E-state index contributed by atoms with van der Waals surface area (Å²) in [5.41, 5.74) is 0. The number of aromatic nitrogens is 5. The molecule has 0 unspecified atom stereocenters. The number of hydrogen-bond donors (Lipinski definition) is 0. The monoisotopic (exact) mass is 151 g/mol. The molecule has 0 aliphatic rings. The maximum absolute atomic E-state index is 10.9. The van der Waals surface area contributed by atoms with Crippen LogP contribution >= 0.6 is 0 Å². The summed E-state index contributed by atoms with van der Waals surface area (Å²) in [7, 11) is 0. The first-order valence-corrected chi connectivity index (χ1v) is 3.05. The molecule has 0 radical (unpaired) electrons. The predicted molar refractivity (Wildman–Crippen MR) is 35.1 cm³/mol. The zero-order valence-electron chi connectivity index (χ0n) is 5.80. The van der Waals surface area contributed by atoms with Gasteiger partial charge in [-0.2, -0.15) is 4.52 Å². The van der Waals surface area contributed by atoms with Crippen LogP contribution in [0.4, 0.5) is 0 Å². The zero-order chi connectivity index (χ0) is 7.84. The van der Waals surface area contributed by atoms with Crippen molar-refractivity contribution in [1.29, 1.82) is 0 Å². The highest BCUT2D eigenvalue weighted by Gasteiger charge is 2.05. The van der Waals surface area contributed by atoms with E-state index in [9.17, 15) is 4.79 Å². The molecular formula is C5H5N5O. The molecule has 0 amide bonds. The van der Waals surface area contributed by atoms with Gasteiger partial charge in [-0.3, -0.25) is 9.36 Å². The van der Waals surface area contributed by atoms with Crippen molar-refractivity contribution < 1.29 is 4.79 Å². The summed E-state index contributed by atoms with van der Waals surface area (Å²) in [5.74, 6) is 0.340. The second-order valence-corrected chi connectivity index (χ2v) is 2.11. The van der Waals surface area contributed by atoms with Crippen LogP contribution in [0.3, 0.4) is 0 Å². The molecule has 56 valence electrons. The average molecular weight is 151 g/mol. The van der Waals surface area contributed by atoms with Crippen LogP contribution in [0.5, 0.6) is 0 Å². The standard InChI is InChI=1S/C5H5N5O/c1-4(11)9-2-3-10-5(9)6-7-8-10/h2-3H,1H3. The molecule has 0 atom stereocenters. The third-order valence-electron chi connectivity index (χ3n) is 1.39. The quantitative estimate of drug-likeness (QED) is 0.513. The van der Waals surface area contributed by atoms with Crippen LogP contribution in [0.2, 0.25) is 0 Å². The highest BCUT2D eigenvalue weighted by atomic mass is 16.1. The van der Waals surface area contributed by atoms with Gasteiger partial charge < -0.3 is 0 Å². The summed E-state index contributed by atoms with van der Waals surface area (Å²) in [4.78, 5) is 10.9. The normalized spacial score (nSPS) is 10.6. The lowest BCUT2D eigenvalue weighted by molar-refractivity contribution is 0.0940. The molecule has 0 aromatic carbocycles. The number of imidazole rings is 1. The number of hydrogen-bond acceptors (Lipinski definition) is 4. The van der Waals surface area contributed by atoms with Crippen LogP contribution in [0, 0.1) is 0 Å².